The first-order valence-corrected chi connectivity index (χ1v) is 7.50. The highest BCUT2D eigenvalue weighted by molar-refractivity contribution is 8.00. The van der Waals surface area contributed by atoms with E-state index in [-0.39, 0.29) is 0 Å². The van der Waals surface area contributed by atoms with E-state index in [1.807, 2.05) is 23.9 Å². The Hall–Kier alpha value is -0.180. The summed E-state index contributed by atoms with van der Waals surface area (Å²) in [6, 6.07) is 8.39. The molecular formula is C14H20ClNS. The quantitative estimate of drug-likeness (QED) is 0.871. The first-order chi connectivity index (χ1) is 8.06. The fourth-order valence-corrected chi connectivity index (χ4v) is 4.12. The fourth-order valence-electron chi connectivity index (χ4n) is 2.76. The second-order valence-corrected chi connectivity index (χ2v) is 6.94. The van der Waals surface area contributed by atoms with Crippen LogP contribution < -0.4 is 5.73 Å². The molecule has 0 radical (unpaired) electrons. The second-order valence-electron chi connectivity index (χ2n) is 5.25. The summed E-state index contributed by atoms with van der Waals surface area (Å²) in [7, 11) is 0. The van der Waals surface area contributed by atoms with Crippen molar-refractivity contribution in [1.82, 2.24) is 0 Å². The number of thioether (sulfide) groups is 1. The van der Waals surface area contributed by atoms with Gasteiger partial charge in [-0.25, -0.2) is 0 Å². The van der Waals surface area contributed by atoms with E-state index in [4.69, 9.17) is 17.3 Å². The van der Waals surface area contributed by atoms with Crippen molar-refractivity contribution < 1.29 is 0 Å². The summed E-state index contributed by atoms with van der Waals surface area (Å²) in [5, 5.41) is 1.33. The molecule has 1 fully saturated rings. The Balaban J connectivity index is 2.04. The minimum Gasteiger partial charge on any atom is -0.327 e. The number of hydrogen-bond donors (Lipinski definition) is 1. The third-order valence-electron chi connectivity index (χ3n) is 3.52. The van der Waals surface area contributed by atoms with E-state index in [0.717, 1.165) is 17.4 Å². The van der Waals surface area contributed by atoms with Gasteiger partial charge in [0.1, 0.15) is 0 Å². The van der Waals surface area contributed by atoms with Gasteiger partial charge in [-0.3, -0.25) is 0 Å². The van der Waals surface area contributed by atoms with Gasteiger partial charge in [-0.2, -0.15) is 0 Å². The molecule has 0 bridgehead atoms. The Kier molecular flexibility index (Phi) is 4.40. The molecular weight excluding hydrogens is 250 g/mol. The lowest BCUT2D eigenvalue weighted by Crippen LogP contribution is -2.42. The molecule has 0 amide bonds. The summed E-state index contributed by atoms with van der Waals surface area (Å²) in [5.41, 5.74) is 6.29. The zero-order chi connectivity index (χ0) is 12.4. The molecule has 4 unspecified atom stereocenters. The van der Waals surface area contributed by atoms with E-state index in [1.165, 1.54) is 11.3 Å². The molecule has 2 N–H and O–H groups in total. The van der Waals surface area contributed by atoms with Crippen LogP contribution in [0.4, 0.5) is 0 Å². The normalized spacial score (nSPS) is 33.6. The van der Waals surface area contributed by atoms with Gasteiger partial charge in [0.15, 0.2) is 0 Å². The van der Waals surface area contributed by atoms with Gasteiger partial charge >= 0.3 is 0 Å². The Labute approximate surface area is 113 Å². The summed E-state index contributed by atoms with van der Waals surface area (Å²) < 4.78 is 0. The molecule has 1 aliphatic carbocycles. The van der Waals surface area contributed by atoms with Gasteiger partial charge in [0.2, 0.25) is 0 Å². The summed E-state index contributed by atoms with van der Waals surface area (Å²) in [6.07, 6.45) is 2.44. The van der Waals surface area contributed by atoms with Crippen molar-refractivity contribution in [1.29, 1.82) is 0 Å². The van der Waals surface area contributed by atoms with Gasteiger partial charge in [-0.15, -0.1) is 11.8 Å². The van der Waals surface area contributed by atoms with Crippen molar-refractivity contribution in [3.05, 3.63) is 29.3 Å². The van der Waals surface area contributed by atoms with E-state index >= 15 is 0 Å². The maximum Gasteiger partial charge on any atom is 0.0406 e. The number of rotatable bonds is 2. The van der Waals surface area contributed by atoms with Crippen LogP contribution in [0.1, 0.15) is 26.7 Å². The molecule has 0 spiro atoms. The Morgan fingerprint density at radius 3 is 2.41 bits per heavy atom. The fraction of sp³-hybridized carbons (Fsp3) is 0.571. The van der Waals surface area contributed by atoms with Gasteiger partial charge in [-0.05, 0) is 48.9 Å². The predicted octanol–water partition coefficient (Wildman–Crippen LogP) is 4.19. The average Bonchev–Trinajstić information content (AvgIpc) is 2.26. The molecule has 1 nitrogen and oxygen atoms in total. The lowest BCUT2D eigenvalue weighted by Gasteiger charge is -2.37. The molecule has 1 aromatic carbocycles. The van der Waals surface area contributed by atoms with Crippen LogP contribution in [0.25, 0.3) is 0 Å². The van der Waals surface area contributed by atoms with Crippen LogP contribution in [0, 0.1) is 11.8 Å². The highest BCUT2D eigenvalue weighted by Crippen LogP contribution is 2.39. The van der Waals surface area contributed by atoms with Crippen molar-refractivity contribution in [2.75, 3.05) is 0 Å². The van der Waals surface area contributed by atoms with Gasteiger partial charge in [0.25, 0.3) is 0 Å². The largest absolute Gasteiger partial charge is 0.327 e. The highest BCUT2D eigenvalue weighted by Gasteiger charge is 2.32. The first-order valence-electron chi connectivity index (χ1n) is 6.24. The number of nitrogens with two attached hydrogens (primary N) is 1. The highest BCUT2D eigenvalue weighted by atomic mass is 35.5. The zero-order valence-electron chi connectivity index (χ0n) is 10.4. The van der Waals surface area contributed by atoms with Crippen LogP contribution in [0.3, 0.4) is 0 Å². The van der Waals surface area contributed by atoms with E-state index in [9.17, 15) is 0 Å². The standard InChI is InChI=1S/C14H20ClNS/c1-9-7-10(2)14(13(16)8-9)17-12-5-3-11(15)4-6-12/h3-6,9-10,13-14H,7-8,16H2,1-2H3. The lowest BCUT2D eigenvalue weighted by atomic mass is 9.80. The number of halogens is 1. The molecule has 2 rings (SSSR count). The SMILES string of the molecule is CC1CC(C)C(Sc2ccc(Cl)cc2)C(N)C1. The van der Waals surface area contributed by atoms with Crippen LogP contribution in [0.15, 0.2) is 29.2 Å². The predicted molar refractivity (Wildman–Crippen MR) is 76.6 cm³/mol. The Morgan fingerprint density at radius 2 is 1.82 bits per heavy atom. The Morgan fingerprint density at radius 1 is 1.18 bits per heavy atom. The molecule has 3 heteroatoms. The molecule has 94 valence electrons. The van der Waals surface area contributed by atoms with E-state index < -0.39 is 0 Å². The topological polar surface area (TPSA) is 26.0 Å². The van der Waals surface area contributed by atoms with Crippen molar-refractivity contribution in [2.45, 2.75) is 42.9 Å². The number of hydrogen-bond acceptors (Lipinski definition) is 2. The summed E-state index contributed by atoms with van der Waals surface area (Å²) in [6.45, 7) is 4.63. The summed E-state index contributed by atoms with van der Waals surface area (Å²) >= 11 is 7.80. The molecule has 0 heterocycles. The van der Waals surface area contributed by atoms with Crippen LogP contribution in [-0.2, 0) is 0 Å². The van der Waals surface area contributed by atoms with E-state index in [1.54, 1.807) is 0 Å². The van der Waals surface area contributed by atoms with E-state index in [0.29, 0.717) is 17.2 Å². The molecule has 17 heavy (non-hydrogen) atoms. The lowest BCUT2D eigenvalue weighted by molar-refractivity contribution is 0.279. The van der Waals surface area contributed by atoms with Crippen LogP contribution in [-0.4, -0.2) is 11.3 Å². The second kappa shape index (κ2) is 5.64. The number of benzene rings is 1. The van der Waals surface area contributed by atoms with Crippen LogP contribution in [0.5, 0.6) is 0 Å². The van der Waals surface area contributed by atoms with E-state index in [2.05, 4.69) is 26.0 Å². The van der Waals surface area contributed by atoms with Crippen molar-refractivity contribution in [2.24, 2.45) is 17.6 Å². The minimum absolute atomic E-state index is 0.314. The van der Waals surface area contributed by atoms with Crippen molar-refractivity contribution >= 4 is 23.4 Å². The average molecular weight is 270 g/mol. The molecule has 1 aliphatic rings. The van der Waals surface area contributed by atoms with Gasteiger partial charge in [0.05, 0.1) is 0 Å². The maximum absolute atomic E-state index is 6.29. The van der Waals surface area contributed by atoms with Gasteiger partial charge in [0, 0.05) is 21.2 Å². The molecule has 0 aromatic heterocycles. The molecule has 1 aromatic rings. The van der Waals surface area contributed by atoms with Crippen LogP contribution >= 0.6 is 23.4 Å². The maximum atomic E-state index is 6.29. The molecule has 0 saturated heterocycles. The van der Waals surface area contributed by atoms with Crippen molar-refractivity contribution in [3.8, 4) is 0 Å². The molecule has 0 aliphatic heterocycles. The monoisotopic (exact) mass is 269 g/mol. The molecule has 1 saturated carbocycles. The van der Waals surface area contributed by atoms with Gasteiger partial charge < -0.3 is 5.73 Å². The first kappa shape index (κ1) is 13.3. The summed E-state index contributed by atoms with van der Waals surface area (Å²) in [5.74, 6) is 1.46. The summed E-state index contributed by atoms with van der Waals surface area (Å²) in [4.78, 5) is 1.27. The minimum atomic E-state index is 0.314. The third kappa shape index (κ3) is 3.40. The Bertz CT molecular complexity index is 353. The van der Waals surface area contributed by atoms with Crippen molar-refractivity contribution in [3.63, 3.8) is 0 Å². The molecule has 4 atom stereocenters. The zero-order valence-corrected chi connectivity index (χ0v) is 12.0. The van der Waals surface area contributed by atoms with Crippen LogP contribution in [0.2, 0.25) is 5.02 Å². The third-order valence-corrected chi connectivity index (χ3v) is 5.40. The smallest absolute Gasteiger partial charge is 0.0406 e. The van der Waals surface area contributed by atoms with Gasteiger partial charge in [-0.1, -0.05) is 25.4 Å².